The predicted octanol–water partition coefficient (Wildman–Crippen LogP) is 2.18. The minimum absolute atomic E-state index is 0.310. The maximum Gasteiger partial charge on any atom is 0.323 e. The Balaban J connectivity index is 2.40. The van der Waals surface area contributed by atoms with Crippen molar-refractivity contribution in [3.05, 3.63) is 24.3 Å². The molecule has 0 aliphatic heterocycles. The molecule has 0 saturated heterocycles. The number of hydrogen-bond acceptors (Lipinski definition) is 3. The highest BCUT2D eigenvalue weighted by Crippen LogP contribution is 2.18. The average molecular weight is 223 g/mol. The molecule has 2 atom stereocenters. The molecule has 0 aromatic heterocycles. The van der Waals surface area contributed by atoms with Crippen molar-refractivity contribution >= 4 is 5.97 Å². The lowest BCUT2D eigenvalue weighted by Crippen LogP contribution is -2.38. The van der Waals surface area contributed by atoms with Gasteiger partial charge in [0, 0.05) is 0 Å². The second kappa shape index (κ2) is 5.30. The van der Waals surface area contributed by atoms with E-state index in [4.69, 9.17) is 10.5 Å². The van der Waals surface area contributed by atoms with E-state index in [1.54, 1.807) is 0 Å². The molecule has 3 heteroatoms. The van der Waals surface area contributed by atoms with Crippen LogP contribution in [0.15, 0.2) is 24.3 Å². The standard InChI is InChI=1S/C13H21NO2/c1-13(2,3)16-12(15)11(14)9-10-7-5-4-6-8-10/h4-7,10-11H,8-9,14H2,1-3H3. The number of rotatable bonds is 3. The molecule has 16 heavy (non-hydrogen) atoms. The summed E-state index contributed by atoms with van der Waals surface area (Å²) in [6, 6.07) is -0.527. The van der Waals surface area contributed by atoms with Crippen molar-refractivity contribution in [1.29, 1.82) is 0 Å². The molecule has 0 aromatic rings. The zero-order valence-corrected chi connectivity index (χ0v) is 10.3. The number of nitrogens with two attached hydrogens (primary N) is 1. The van der Waals surface area contributed by atoms with Crippen LogP contribution in [0.25, 0.3) is 0 Å². The molecule has 0 fully saturated rings. The summed E-state index contributed by atoms with van der Waals surface area (Å²) in [6.07, 6.45) is 9.78. The zero-order valence-electron chi connectivity index (χ0n) is 10.3. The van der Waals surface area contributed by atoms with E-state index < -0.39 is 11.6 Å². The van der Waals surface area contributed by atoms with E-state index >= 15 is 0 Å². The molecule has 0 radical (unpaired) electrons. The van der Waals surface area contributed by atoms with Crippen LogP contribution in [0.2, 0.25) is 0 Å². The molecule has 2 N–H and O–H groups in total. The molecular formula is C13H21NO2. The highest BCUT2D eigenvalue weighted by atomic mass is 16.6. The molecule has 0 spiro atoms. The summed E-state index contributed by atoms with van der Waals surface area (Å²) < 4.78 is 5.23. The topological polar surface area (TPSA) is 52.3 Å². The van der Waals surface area contributed by atoms with E-state index in [0.29, 0.717) is 12.3 Å². The normalized spacial score (nSPS) is 21.9. The number of ether oxygens (including phenoxy) is 1. The van der Waals surface area contributed by atoms with Gasteiger partial charge >= 0.3 is 5.97 Å². The lowest BCUT2D eigenvalue weighted by Gasteiger charge is -2.23. The number of esters is 1. The Bertz CT molecular complexity index is 300. The first-order valence-corrected chi connectivity index (χ1v) is 5.70. The lowest BCUT2D eigenvalue weighted by atomic mass is 9.93. The van der Waals surface area contributed by atoms with Crippen molar-refractivity contribution in [1.82, 2.24) is 0 Å². The Morgan fingerprint density at radius 3 is 2.69 bits per heavy atom. The Hall–Kier alpha value is -1.09. The first kappa shape index (κ1) is 13.0. The predicted molar refractivity (Wildman–Crippen MR) is 64.8 cm³/mol. The van der Waals surface area contributed by atoms with Crippen LogP contribution >= 0.6 is 0 Å². The summed E-state index contributed by atoms with van der Waals surface area (Å²) in [6.45, 7) is 5.54. The molecule has 2 unspecified atom stereocenters. The largest absolute Gasteiger partial charge is 0.459 e. The molecule has 1 aliphatic rings. The van der Waals surface area contributed by atoms with Gasteiger partial charge in [0.25, 0.3) is 0 Å². The van der Waals surface area contributed by atoms with E-state index in [9.17, 15) is 4.79 Å². The maximum absolute atomic E-state index is 11.6. The zero-order chi connectivity index (χ0) is 12.2. The van der Waals surface area contributed by atoms with E-state index in [0.717, 1.165) is 6.42 Å². The van der Waals surface area contributed by atoms with Crippen molar-refractivity contribution in [2.75, 3.05) is 0 Å². The van der Waals surface area contributed by atoms with Crippen LogP contribution in [-0.4, -0.2) is 17.6 Å². The van der Waals surface area contributed by atoms with E-state index in [1.807, 2.05) is 32.9 Å². The fourth-order valence-corrected chi connectivity index (χ4v) is 1.61. The van der Waals surface area contributed by atoms with Gasteiger partial charge in [0.15, 0.2) is 0 Å². The molecule has 90 valence electrons. The van der Waals surface area contributed by atoms with Gasteiger partial charge < -0.3 is 10.5 Å². The highest BCUT2D eigenvalue weighted by Gasteiger charge is 2.24. The van der Waals surface area contributed by atoms with Gasteiger partial charge in [-0.2, -0.15) is 0 Å². The molecule has 3 nitrogen and oxygen atoms in total. The van der Waals surface area contributed by atoms with Crippen LogP contribution in [0.4, 0.5) is 0 Å². The van der Waals surface area contributed by atoms with Gasteiger partial charge in [-0.05, 0) is 39.5 Å². The summed E-state index contributed by atoms with van der Waals surface area (Å²) in [4.78, 5) is 11.6. The number of allylic oxidation sites excluding steroid dienone is 4. The summed E-state index contributed by atoms with van der Waals surface area (Å²) in [5.41, 5.74) is 5.36. The Morgan fingerprint density at radius 1 is 1.50 bits per heavy atom. The summed E-state index contributed by atoms with van der Waals surface area (Å²) in [5.74, 6) is 0.0444. The second-order valence-corrected chi connectivity index (χ2v) is 5.18. The van der Waals surface area contributed by atoms with Gasteiger partial charge in [0.1, 0.15) is 11.6 Å². The smallest absolute Gasteiger partial charge is 0.323 e. The quantitative estimate of drug-likeness (QED) is 0.746. The molecule has 0 saturated carbocycles. The van der Waals surface area contributed by atoms with Crippen LogP contribution in [0.5, 0.6) is 0 Å². The second-order valence-electron chi connectivity index (χ2n) is 5.18. The lowest BCUT2D eigenvalue weighted by molar-refractivity contribution is -0.156. The third-order valence-corrected chi connectivity index (χ3v) is 2.34. The number of carbonyl (C=O) groups excluding carboxylic acids is 1. The van der Waals surface area contributed by atoms with Crippen molar-refractivity contribution in [2.45, 2.75) is 45.3 Å². The number of carbonyl (C=O) groups is 1. The first-order chi connectivity index (χ1) is 7.38. The van der Waals surface area contributed by atoms with Gasteiger partial charge in [0.05, 0.1) is 0 Å². The van der Waals surface area contributed by atoms with Crippen LogP contribution in [-0.2, 0) is 9.53 Å². The van der Waals surface area contributed by atoms with E-state index in [-0.39, 0.29) is 5.97 Å². The minimum atomic E-state index is -0.527. The van der Waals surface area contributed by atoms with Crippen LogP contribution in [0.1, 0.15) is 33.6 Å². The van der Waals surface area contributed by atoms with Gasteiger partial charge in [-0.1, -0.05) is 24.3 Å². The molecular weight excluding hydrogens is 202 g/mol. The minimum Gasteiger partial charge on any atom is -0.459 e. The molecule has 0 bridgehead atoms. The number of hydrogen-bond donors (Lipinski definition) is 1. The van der Waals surface area contributed by atoms with Crippen molar-refractivity contribution in [3.63, 3.8) is 0 Å². The van der Waals surface area contributed by atoms with Gasteiger partial charge in [-0.25, -0.2) is 0 Å². The Labute approximate surface area is 97.3 Å². The average Bonchev–Trinajstić information content (AvgIpc) is 2.16. The molecule has 0 amide bonds. The SMILES string of the molecule is CC(C)(C)OC(=O)C(N)CC1C=CC=CC1. The maximum atomic E-state index is 11.6. The monoisotopic (exact) mass is 223 g/mol. The van der Waals surface area contributed by atoms with Crippen molar-refractivity contribution in [3.8, 4) is 0 Å². The fourth-order valence-electron chi connectivity index (χ4n) is 1.61. The van der Waals surface area contributed by atoms with Crippen LogP contribution in [0, 0.1) is 5.92 Å². The molecule has 1 rings (SSSR count). The van der Waals surface area contributed by atoms with E-state index in [2.05, 4.69) is 12.2 Å². The summed E-state index contributed by atoms with van der Waals surface area (Å²) in [5, 5.41) is 0. The highest BCUT2D eigenvalue weighted by molar-refractivity contribution is 5.75. The van der Waals surface area contributed by atoms with Gasteiger partial charge in [-0.15, -0.1) is 0 Å². The van der Waals surface area contributed by atoms with E-state index in [1.165, 1.54) is 0 Å². The molecule has 0 aromatic carbocycles. The molecule has 1 aliphatic carbocycles. The third kappa shape index (κ3) is 4.62. The van der Waals surface area contributed by atoms with Gasteiger partial charge in [-0.3, -0.25) is 4.79 Å². The van der Waals surface area contributed by atoms with Crippen molar-refractivity contribution in [2.24, 2.45) is 11.7 Å². The molecule has 0 heterocycles. The van der Waals surface area contributed by atoms with Gasteiger partial charge in [0.2, 0.25) is 0 Å². The van der Waals surface area contributed by atoms with Crippen molar-refractivity contribution < 1.29 is 9.53 Å². The van der Waals surface area contributed by atoms with Crippen LogP contribution in [0.3, 0.4) is 0 Å². The Morgan fingerprint density at radius 2 is 2.19 bits per heavy atom. The Kier molecular flexibility index (Phi) is 4.30. The van der Waals surface area contributed by atoms with Crippen LogP contribution < -0.4 is 5.73 Å². The first-order valence-electron chi connectivity index (χ1n) is 5.70. The summed E-state index contributed by atoms with van der Waals surface area (Å²) in [7, 11) is 0. The fraction of sp³-hybridized carbons (Fsp3) is 0.615. The third-order valence-electron chi connectivity index (χ3n) is 2.34. The summed E-state index contributed by atoms with van der Waals surface area (Å²) >= 11 is 0.